The zero-order valence-electron chi connectivity index (χ0n) is 11.5. The first-order valence-electron chi connectivity index (χ1n) is 6.31. The topological polar surface area (TPSA) is 77.8 Å². The Morgan fingerprint density at radius 1 is 1.24 bits per heavy atom. The summed E-state index contributed by atoms with van der Waals surface area (Å²) in [7, 11) is 1.55. The number of carboxylic acid groups (broad SMARTS) is 1. The highest BCUT2D eigenvalue weighted by Gasteiger charge is 2.06. The van der Waals surface area contributed by atoms with Crippen LogP contribution in [0.5, 0.6) is 11.5 Å². The van der Waals surface area contributed by atoms with E-state index in [9.17, 15) is 9.59 Å². The van der Waals surface area contributed by atoms with Crippen molar-refractivity contribution in [2.75, 3.05) is 13.7 Å². The molecule has 1 aromatic heterocycles. The molecule has 1 heterocycles. The van der Waals surface area contributed by atoms with Gasteiger partial charge >= 0.3 is 5.97 Å². The highest BCUT2D eigenvalue weighted by atomic mass is 16.5. The Hall–Kier alpha value is -2.76. The molecule has 0 bridgehead atoms. The minimum Gasteiger partial charge on any atom is -0.493 e. The largest absolute Gasteiger partial charge is 0.493 e. The van der Waals surface area contributed by atoms with Crippen LogP contribution in [0.25, 0.3) is 0 Å². The zero-order valence-corrected chi connectivity index (χ0v) is 11.5. The summed E-state index contributed by atoms with van der Waals surface area (Å²) in [6, 6.07) is 9.68. The van der Waals surface area contributed by atoms with Crippen molar-refractivity contribution < 1.29 is 19.4 Å². The fourth-order valence-corrected chi connectivity index (χ4v) is 1.82. The highest BCUT2D eigenvalue weighted by Crippen LogP contribution is 2.25. The van der Waals surface area contributed by atoms with Gasteiger partial charge < -0.3 is 19.1 Å². The van der Waals surface area contributed by atoms with Gasteiger partial charge in [0.1, 0.15) is 6.61 Å². The average molecular weight is 289 g/mol. The number of hydrogen-bond acceptors (Lipinski definition) is 4. The SMILES string of the molecule is COc1ccccc1OCCn1ccc(C(=O)O)cc1=O. The second-order valence-electron chi connectivity index (χ2n) is 4.25. The maximum Gasteiger partial charge on any atom is 0.335 e. The van der Waals surface area contributed by atoms with Crippen LogP contribution in [-0.2, 0) is 6.54 Å². The molecule has 1 aromatic carbocycles. The fraction of sp³-hybridized carbons (Fsp3) is 0.200. The Balaban J connectivity index is 2.01. The quantitative estimate of drug-likeness (QED) is 0.874. The molecule has 0 aliphatic heterocycles. The molecule has 0 aliphatic rings. The van der Waals surface area contributed by atoms with Crippen LogP contribution in [0.15, 0.2) is 47.4 Å². The van der Waals surface area contributed by atoms with E-state index in [0.717, 1.165) is 6.07 Å². The number of carboxylic acids is 1. The molecule has 6 heteroatoms. The van der Waals surface area contributed by atoms with Gasteiger partial charge in [0.2, 0.25) is 0 Å². The first kappa shape index (κ1) is 14.6. The van der Waals surface area contributed by atoms with Gasteiger partial charge in [0.05, 0.1) is 19.2 Å². The molecule has 0 unspecified atom stereocenters. The van der Waals surface area contributed by atoms with E-state index in [1.165, 1.54) is 16.8 Å². The minimum absolute atomic E-state index is 0.0260. The van der Waals surface area contributed by atoms with Crippen LogP contribution in [0.3, 0.4) is 0 Å². The Labute approximate surface area is 121 Å². The van der Waals surface area contributed by atoms with E-state index >= 15 is 0 Å². The molecule has 0 fully saturated rings. The number of para-hydroxylation sites is 2. The number of aromatic carboxylic acids is 1. The van der Waals surface area contributed by atoms with E-state index in [0.29, 0.717) is 18.0 Å². The summed E-state index contributed by atoms with van der Waals surface area (Å²) in [6.45, 7) is 0.587. The number of hydrogen-bond donors (Lipinski definition) is 1. The summed E-state index contributed by atoms with van der Waals surface area (Å²) >= 11 is 0. The molecule has 2 rings (SSSR count). The molecule has 6 nitrogen and oxygen atoms in total. The molecular weight excluding hydrogens is 274 g/mol. The van der Waals surface area contributed by atoms with Crippen molar-refractivity contribution in [3.63, 3.8) is 0 Å². The van der Waals surface area contributed by atoms with Crippen LogP contribution in [0.4, 0.5) is 0 Å². The van der Waals surface area contributed by atoms with Crippen LogP contribution in [0, 0.1) is 0 Å². The first-order valence-corrected chi connectivity index (χ1v) is 6.31. The molecule has 0 spiro atoms. The van der Waals surface area contributed by atoms with Crippen molar-refractivity contribution in [2.45, 2.75) is 6.54 Å². The van der Waals surface area contributed by atoms with Crippen LogP contribution in [0.2, 0.25) is 0 Å². The number of aromatic nitrogens is 1. The monoisotopic (exact) mass is 289 g/mol. The van der Waals surface area contributed by atoms with Gasteiger partial charge in [0.15, 0.2) is 11.5 Å². The van der Waals surface area contributed by atoms with Crippen molar-refractivity contribution >= 4 is 5.97 Å². The van der Waals surface area contributed by atoms with Crippen LogP contribution in [0.1, 0.15) is 10.4 Å². The van der Waals surface area contributed by atoms with Gasteiger partial charge in [-0.3, -0.25) is 4.79 Å². The van der Waals surface area contributed by atoms with Gasteiger partial charge in [-0.05, 0) is 18.2 Å². The van der Waals surface area contributed by atoms with Gasteiger partial charge in [-0.25, -0.2) is 4.79 Å². The Morgan fingerprint density at radius 3 is 2.57 bits per heavy atom. The smallest absolute Gasteiger partial charge is 0.335 e. The Bertz CT molecular complexity index is 692. The van der Waals surface area contributed by atoms with Crippen LogP contribution in [-0.4, -0.2) is 29.4 Å². The fourth-order valence-electron chi connectivity index (χ4n) is 1.82. The van der Waals surface area contributed by atoms with Gasteiger partial charge in [0.25, 0.3) is 5.56 Å². The second-order valence-corrected chi connectivity index (χ2v) is 4.25. The number of carbonyl (C=O) groups is 1. The molecule has 0 saturated heterocycles. The van der Waals surface area contributed by atoms with Crippen molar-refractivity contribution in [3.8, 4) is 11.5 Å². The van der Waals surface area contributed by atoms with Gasteiger partial charge in [-0.1, -0.05) is 12.1 Å². The van der Waals surface area contributed by atoms with Gasteiger partial charge in [-0.15, -0.1) is 0 Å². The van der Waals surface area contributed by atoms with E-state index in [-0.39, 0.29) is 17.7 Å². The lowest BCUT2D eigenvalue weighted by Gasteiger charge is -2.11. The Kier molecular flexibility index (Phi) is 4.61. The number of rotatable bonds is 6. The third kappa shape index (κ3) is 3.62. The summed E-state index contributed by atoms with van der Waals surface area (Å²) in [6.07, 6.45) is 1.44. The van der Waals surface area contributed by atoms with Crippen LogP contribution < -0.4 is 15.0 Å². The zero-order chi connectivity index (χ0) is 15.2. The number of nitrogens with zero attached hydrogens (tertiary/aromatic N) is 1. The predicted octanol–water partition coefficient (Wildman–Crippen LogP) is 1.63. The average Bonchev–Trinajstić information content (AvgIpc) is 2.49. The molecule has 0 amide bonds. The van der Waals surface area contributed by atoms with Crippen LogP contribution >= 0.6 is 0 Å². The van der Waals surface area contributed by atoms with E-state index in [1.54, 1.807) is 19.2 Å². The highest BCUT2D eigenvalue weighted by molar-refractivity contribution is 5.87. The first-order chi connectivity index (χ1) is 10.1. The standard InChI is InChI=1S/C15H15NO5/c1-20-12-4-2-3-5-13(12)21-9-8-16-7-6-11(15(18)19)10-14(16)17/h2-7,10H,8-9H2,1H3,(H,18,19). The molecule has 0 saturated carbocycles. The third-order valence-electron chi connectivity index (χ3n) is 2.90. The van der Waals surface area contributed by atoms with E-state index in [2.05, 4.69) is 0 Å². The third-order valence-corrected chi connectivity index (χ3v) is 2.90. The lowest BCUT2D eigenvalue weighted by Crippen LogP contribution is -2.23. The summed E-state index contributed by atoms with van der Waals surface area (Å²) < 4.78 is 12.1. The van der Waals surface area contributed by atoms with E-state index < -0.39 is 5.97 Å². The molecule has 0 atom stereocenters. The van der Waals surface area contributed by atoms with Crippen molar-refractivity contribution in [3.05, 3.63) is 58.5 Å². The lowest BCUT2D eigenvalue weighted by atomic mass is 10.3. The summed E-state index contributed by atoms with van der Waals surface area (Å²) in [5.74, 6) is 0.0887. The molecule has 21 heavy (non-hydrogen) atoms. The summed E-state index contributed by atoms with van der Waals surface area (Å²) in [5, 5.41) is 8.80. The van der Waals surface area contributed by atoms with Crippen molar-refractivity contribution in [1.82, 2.24) is 4.57 Å². The summed E-state index contributed by atoms with van der Waals surface area (Å²) in [5.41, 5.74) is -0.402. The number of benzene rings is 1. The summed E-state index contributed by atoms with van der Waals surface area (Å²) in [4.78, 5) is 22.5. The second kappa shape index (κ2) is 6.60. The molecular formula is C15H15NO5. The number of ether oxygens (including phenoxy) is 2. The molecule has 0 radical (unpaired) electrons. The molecule has 110 valence electrons. The predicted molar refractivity (Wildman–Crippen MR) is 76.2 cm³/mol. The maximum atomic E-state index is 11.7. The normalized spacial score (nSPS) is 10.1. The van der Waals surface area contributed by atoms with Gasteiger partial charge in [-0.2, -0.15) is 0 Å². The minimum atomic E-state index is -1.12. The molecule has 0 aliphatic carbocycles. The molecule has 1 N–H and O–H groups in total. The van der Waals surface area contributed by atoms with E-state index in [4.69, 9.17) is 14.6 Å². The maximum absolute atomic E-state index is 11.7. The molecule has 2 aromatic rings. The number of pyridine rings is 1. The number of methoxy groups -OCH3 is 1. The lowest BCUT2D eigenvalue weighted by molar-refractivity contribution is 0.0696. The van der Waals surface area contributed by atoms with Crippen molar-refractivity contribution in [1.29, 1.82) is 0 Å². The van der Waals surface area contributed by atoms with Crippen molar-refractivity contribution in [2.24, 2.45) is 0 Å². The van der Waals surface area contributed by atoms with E-state index in [1.807, 2.05) is 12.1 Å². The van der Waals surface area contributed by atoms with Gasteiger partial charge in [0, 0.05) is 12.3 Å². The Morgan fingerprint density at radius 2 is 1.95 bits per heavy atom.